The molecule has 1 aliphatic rings. The second-order valence-electron chi connectivity index (χ2n) is 5.72. The van der Waals surface area contributed by atoms with Crippen LogP contribution in [-0.4, -0.2) is 23.5 Å². The van der Waals surface area contributed by atoms with Gasteiger partial charge in [-0.3, -0.25) is 0 Å². The quantitative estimate of drug-likeness (QED) is 0.707. The maximum atomic E-state index is 3.66. The normalized spacial score (nSPS) is 19.1. The number of rotatable bonds is 1. The molecule has 1 atom stereocenters. The molecule has 0 bridgehead atoms. The molecule has 100 valence electrons. The molecule has 4 rings (SSSR count). The fraction of sp³-hybridized carbons (Fsp3) is 0.222. The summed E-state index contributed by atoms with van der Waals surface area (Å²) in [6.45, 7) is 2.10. The zero-order valence-corrected chi connectivity index (χ0v) is 11.6. The van der Waals surface area contributed by atoms with Crippen molar-refractivity contribution in [1.82, 2.24) is 9.88 Å². The SMILES string of the molecule is CN1Cc2c([nH]c3ccccc23)C(c2ccccc2)C1. The van der Waals surface area contributed by atoms with Crippen LogP contribution in [0.3, 0.4) is 0 Å². The van der Waals surface area contributed by atoms with E-state index in [2.05, 4.69) is 71.5 Å². The Morgan fingerprint density at radius 1 is 1.00 bits per heavy atom. The van der Waals surface area contributed by atoms with Gasteiger partial charge in [0.25, 0.3) is 0 Å². The maximum absolute atomic E-state index is 3.66. The smallest absolute Gasteiger partial charge is 0.0459 e. The minimum absolute atomic E-state index is 0.442. The Balaban J connectivity index is 1.92. The lowest BCUT2D eigenvalue weighted by Gasteiger charge is -2.30. The van der Waals surface area contributed by atoms with E-state index in [1.165, 1.54) is 27.7 Å². The van der Waals surface area contributed by atoms with Crippen molar-refractivity contribution in [2.24, 2.45) is 0 Å². The molecule has 2 heteroatoms. The molecule has 0 radical (unpaired) electrons. The molecular formula is C18H18N2. The van der Waals surface area contributed by atoms with Crippen molar-refractivity contribution >= 4 is 10.9 Å². The first-order valence-electron chi connectivity index (χ1n) is 7.16. The van der Waals surface area contributed by atoms with E-state index in [-0.39, 0.29) is 0 Å². The topological polar surface area (TPSA) is 19.0 Å². The van der Waals surface area contributed by atoms with Crippen molar-refractivity contribution in [3.8, 4) is 0 Å². The van der Waals surface area contributed by atoms with Crippen LogP contribution in [0.25, 0.3) is 10.9 Å². The first kappa shape index (κ1) is 11.7. The summed E-state index contributed by atoms with van der Waals surface area (Å²) >= 11 is 0. The van der Waals surface area contributed by atoms with Crippen molar-refractivity contribution < 1.29 is 0 Å². The largest absolute Gasteiger partial charge is 0.358 e. The number of aromatic nitrogens is 1. The van der Waals surface area contributed by atoms with Crippen LogP contribution < -0.4 is 0 Å². The molecule has 2 nitrogen and oxygen atoms in total. The summed E-state index contributed by atoms with van der Waals surface area (Å²) in [5.41, 5.74) is 5.51. The van der Waals surface area contributed by atoms with Crippen molar-refractivity contribution in [3.63, 3.8) is 0 Å². The zero-order chi connectivity index (χ0) is 13.5. The van der Waals surface area contributed by atoms with Gasteiger partial charge in [-0.15, -0.1) is 0 Å². The number of H-pyrrole nitrogens is 1. The second-order valence-corrected chi connectivity index (χ2v) is 5.72. The van der Waals surface area contributed by atoms with E-state index in [0.29, 0.717) is 5.92 Å². The molecule has 0 amide bonds. The molecule has 20 heavy (non-hydrogen) atoms. The molecule has 3 aromatic rings. The number of fused-ring (bicyclic) bond motifs is 3. The third-order valence-corrected chi connectivity index (χ3v) is 4.32. The van der Waals surface area contributed by atoms with Crippen molar-refractivity contribution in [2.75, 3.05) is 13.6 Å². The average Bonchev–Trinajstić information content (AvgIpc) is 2.86. The first-order chi connectivity index (χ1) is 9.83. The number of para-hydroxylation sites is 1. The summed E-state index contributed by atoms with van der Waals surface area (Å²) in [5, 5.41) is 1.37. The van der Waals surface area contributed by atoms with Gasteiger partial charge < -0.3 is 9.88 Å². The molecule has 1 unspecified atom stereocenters. The molecule has 1 aliphatic heterocycles. The van der Waals surface area contributed by atoms with Gasteiger partial charge in [-0.2, -0.15) is 0 Å². The molecule has 0 saturated carbocycles. The Labute approximate surface area is 119 Å². The van der Waals surface area contributed by atoms with Crippen LogP contribution in [0.1, 0.15) is 22.7 Å². The van der Waals surface area contributed by atoms with Crippen molar-refractivity contribution in [2.45, 2.75) is 12.5 Å². The highest BCUT2D eigenvalue weighted by molar-refractivity contribution is 5.85. The zero-order valence-electron chi connectivity index (χ0n) is 11.6. The first-order valence-corrected chi connectivity index (χ1v) is 7.16. The lowest BCUT2D eigenvalue weighted by molar-refractivity contribution is 0.295. The molecule has 1 aromatic heterocycles. The van der Waals surface area contributed by atoms with Gasteiger partial charge in [-0.1, -0.05) is 48.5 Å². The Kier molecular flexibility index (Phi) is 2.64. The Morgan fingerprint density at radius 3 is 2.60 bits per heavy atom. The van der Waals surface area contributed by atoms with Crippen LogP contribution in [-0.2, 0) is 6.54 Å². The Morgan fingerprint density at radius 2 is 1.75 bits per heavy atom. The predicted octanol–water partition coefficient (Wildman–Crippen LogP) is 3.75. The summed E-state index contributed by atoms with van der Waals surface area (Å²) < 4.78 is 0. The molecule has 2 heterocycles. The van der Waals surface area contributed by atoms with Gasteiger partial charge in [-0.05, 0) is 24.2 Å². The number of nitrogens with one attached hydrogen (secondary N) is 1. The molecule has 2 aromatic carbocycles. The summed E-state index contributed by atoms with van der Waals surface area (Å²) in [6.07, 6.45) is 0. The number of hydrogen-bond acceptors (Lipinski definition) is 1. The van der Waals surface area contributed by atoms with E-state index in [4.69, 9.17) is 0 Å². The van der Waals surface area contributed by atoms with E-state index < -0.39 is 0 Å². The molecule has 0 spiro atoms. The summed E-state index contributed by atoms with van der Waals surface area (Å²) in [4.78, 5) is 6.08. The van der Waals surface area contributed by atoms with Gasteiger partial charge in [0.1, 0.15) is 0 Å². The highest BCUT2D eigenvalue weighted by Gasteiger charge is 2.27. The number of likely N-dealkylation sites (N-methyl/N-ethyl adjacent to an activating group) is 1. The maximum Gasteiger partial charge on any atom is 0.0459 e. The minimum Gasteiger partial charge on any atom is -0.358 e. The van der Waals surface area contributed by atoms with Gasteiger partial charge in [-0.25, -0.2) is 0 Å². The third kappa shape index (κ3) is 1.76. The van der Waals surface area contributed by atoms with E-state index in [9.17, 15) is 0 Å². The molecule has 0 aliphatic carbocycles. The van der Waals surface area contributed by atoms with Gasteiger partial charge >= 0.3 is 0 Å². The van der Waals surface area contributed by atoms with Crippen LogP contribution in [0.4, 0.5) is 0 Å². The molecule has 0 saturated heterocycles. The number of benzene rings is 2. The second kappa shape index (κ2) is 4.50. The van der Waals surface area contributed by atoms with Crippen LogP contribution in [0, 0.1) is 0 Å². The summed E-state index contributed by atoms with van der Waals surface area (Å²) in [6, 6.07) is 19.5. The lowest BCUT2D eigenvalue weighted by Crippen LogP contribution is -2.30. The predicted molar refractivity (Wildman–Crippen MR) is 82.9 cm³/mol. The van der Waals surface area contributed by atoms with E-state index in [1.807, 2.05) is 0 Å². The fourth-order valence-corrected chi connectivity index (χ4v) is 3.38. The van der Waals surface area contributed by atoms with Crippen molar-refractivity contribution in [3.05, 3.63) is 71.4 Å². The third-order valence-electron chi connectivity index (χ3n) is 4.32. The number of hydrogen-bond donors (Lipinski definition) is 1. The van der Waals surface area contributed by atoms with Crippen LogP contribution in [0.5, 0.6) is 0 Å². The average molecular weight is 262 g/mol. The molecule has 0 fully saturated rings. The van der Waals surface area contributed by atoms with Crippen LogP contribution >= 0.6 is 0 Å². The minimum atomic E-state index is 0.442. The highest BCUT2D eigenvalue weighted by Crippen LogP contribution is 2.36. The van der Waals surface area contributed by atoms with Crippen molar-refractivity contribution in [1.29, 1.82) is 0 Å². The monoisotopic (exact) mass is 262 g/mol. The molecule has 1 N–H and O–H groups in total. The van der Waals surface area contributed by atoms with Gasteiger partial charge in [0.05, 0.1) is 0 Å². The van der Waals surface area contributed by atoms with Crippen LogP contribution in [0.15, 0.2) is 54.6 Å². The van der Waals surface area contributed by atoms with E-state index in [0.717, 1.165) is 13.1 Å². The fourth-order valence-electron chi connectivity index (χ4n) is 3.38. The van der Waals surface area contributed by atoms with Gasteiger partial charge in [0.2, 0.25) is 0 Å². The van der Waals surface area contributed by atoms with E-state index >= 15 is 0 Å². The lowest BCUT2D eigenvalue weighted by atomic mass is 9.89. The summed E-state index contributed by atoms with van der Waals surface area (Å²) in [7, 11) is 2.21. The number of aromatic amines is 1. The Bertz CT molecular complexity index is 742. The van der Waals surface area contributed by atoms with E-state index in [1.54, 1.807) is 0 Å². The van der Waals surface area contributed by atoms with Gasteiger partial charge in [0.15, 0.2) is 0 Å². The Hall–Kier alpha value is -2.06. The summed E-state index contributed by atoms with van der Waals surface area (Å²) in [5.74, 6) is 0.442. The molecular weight excluding hydrogens is 244 g/mol. The van der Waals surface area contributed by atoms with Gasteiger partial charge in [0, 0.05) is 35.6 Å². The highest BCUT2D eigenvalue weighted by atomic mass is 15.1. The van der Waals surface area contributed by atoms with Crippen LogP contribution in [0.2, 0.25) is 0 Å². The number of nitrogens with zero attached hydrogens (tertiary/aromatic N) is 1. The standard InChI is InChI=1S/C18H18N2/c1-20-11-15(13-7-3-2-4-8-13)18-16(12-20)14-9-5-6-10-17(14)19-18/h2-10,15,19H,11-12H2,1H3.